The third kappa shape index (κ3) is 8.03. The molecule has 0 aromatic heterocycles. The first-order chi connectivity index (χ1) is 10.3. The van der Waals surface area contributed by atoms with Crippen molar-refractivity contribution in [3.05, 3.63) is 12.2 Å². The fraction of sp³-hybridized carbons (Fsp3) is 0.778. The van der Waals surface area contributed by atoms with Gasteiger partial charge < -0.3 is 0 Å². The lowest BCUT2D eigenvalue weighted by Gasteiger charge is -2.18. The number of nitrogens with zero attached hydrogens (tertiary/aromatic N) is 1. The van der Waals surface area contributed by atoms with Gasteiger partial charge in [0.2, 0.25) is 11.8 Å². The maximum absolute atomic E-state index is 12.1. The zero-order valence-electron chi connectivity index (χ0n) is 13.6. The first-order valence-electron chi connectivity index (χ1n) is 8.70. The molecule has 3 nitrogen and oxygen atoms in total. The summed E-state index contributed by atoms with van der Waals surface area (Å²) in [4.78, 5) is 25.4. The summed E-state index contributed by atoms with van der Waals surface area (Å²) >= 11 is 0. The molecule has 0 spiro atoms. The van der Waals surface area contributed by atoms with Gasteiger partial charge in [0.25, 0.3) is 0 Å². The van der Waals surface area contributed by atoms with Crippen LogP contribution in [-0.2, 0) is 9.59 Å². The van der Waals surface area contributed by atoms with Crippen molar-refractivity contribution in [2.75, 3.05) is 6.54 Å². The topological polar surface area (TPSA) is 37.4 Å². The molecule has 0 radical (unpaired) electrons. The van der Waals surface area contributed by atoms with Crippen LogP contribution in [0.4, 0.5) is 0 Å². The van der Waals surface area contributed by atoms with Crippen LogP contribution in [0, 0.1) is 0 Å². The fourth-order valence-electron chi connectivity index (χ4n) is 2.79. The summed E-state index contributed by atoms with van der Waals surface area (Å²) in [6, 6.07) is 0. The van der Waals surface area contributed by atoms with E-state index in [1.165, 1.54) is 37.0 Å². The number of hydrogen-bond acceptors (Lipinski definition) is 2. The van der Waals surface area contributed by atoms with Crippen LogP contribution in [0.15, 0.2) is 12.2 Å². The van der Waals surface area contributed by atoms with Crippen LogP contribution in [0.2, 0.25) is 0 Å². The minimum atomic E-state index is 0.0430. The van der Waals surface area contributed by atoms with Crippen molar-refractivity contribution in [2.24, 2.45) is 0 Å². The van der Waals surface area contributed by atoms with Crippen molar-refractivity contribution in [3.63, 3.8) is 0 Å². The second-order valence-electron chi connectivity index (χ2n) is 5.98. The molecule has 21 heavy (non-hydrogen) atoms. The van der Waals surface area contributed by atoms with E-state index in [0.717, 1.165) is 32.1 Å². The highest BCUT2D eigenvalue weighted by Crippen LogP contribution is 2.14. The van der Waals surface area contributed by atoms with Gasteiger partial charge in [0.15, 0.2) is 0 Å². The molecular formula is C18H31NO2. The molecule has 1 saturated heterocycles. The molecule has 0 aromatic carbocycles. The molecular weight excluding hydrogens is 262 g/mol. The number of likely N-dealkylation sites (tertiary alicyclic amines) is 1. The largest absolute Gasteiger partial charge is 0.283 e. The van der Waals surface area contributed by atoms with Crippen LogP contribution in [-0.4, -0.2) is 23.3 Å². The van der Waals surface area contributed by atoms with Crippen molar-refractivity contribution in [1.82, 2.24) is 4.90 Å². The van der Waals surface area contributed by atoms with Crippen LogP contribution < -0.4 is 0 Å². The first kappa shape index (κ1) is 17.9. The second kappa shape index (κ2) is 11.5. The van der Waals surface area contributed by atoms with Gasteiger partial charge in [-0.3, -0.25) is 14.5 Å². The van der Waals surface area contributed by atoms with Crippen molar-refractivity contribution in [3.8, 4) is 0 Å². The molecule has 2 amide bonds. The summed E-state index contributed by atoms with van der Waals surface area (Å²) in [6.45, 7) is 2.70. The van der Waals surface area contributed by atoms with Crippen LogP contribution in [0.5, 0.6) is 0 Å². The number of imide groups is 1. The highest BCUT2D eigenvalue weighted by atomic mass is 16.2. The quantitative estimate of drug-likeness (QED) is 0.460. The van der Waals surface area contributed by atoms with E-state index < -0.39 is 0 Å². The standard InChI is InChI=1S/C18H31NO2/c1-2-3-4-5-6-7-8-9-11-14-17(20)19-16-13-10-12-15-18(19)21/h2-3H,4-16H2,1H3. The van der Waals surface area contributed by atoms with Gasteiger partial charge in [0.1, 0.15) is 0 Å². The van der Waals surface area contributed by atoms with Gasteiger partial charge in [0.05, 0.1) is 0 Å². The molecule has 3 heteroatoms. The predicted molar refractivity (Wildman–Crippen MR) is 86.9 cm³/mol. The fourth-order valence-corrected chi connectivity index (χ4v) is 2.79. The number of carbonyl (C=O) groups excluding carboxylic acids is 2. The molecule has 0 unspecified atom stereocenters. The Balaban J connectivity index is 2.03. The van der Waals surface area contributed by atoms with Gasteiger partial charge in [0, 0.05) is 19.4 Å². The minimum absolute atomic E-state index is 0.0430. The number of hydrogen-bond donors (Lipinski definition) is 0. The van der Waals surface area contributed by atoms with Crippen LogP contribution >= 0.6 is 0 Å². The van der Waals surface area contributed by atoms with E-state index in [1.807, 2.05) is 0 Å². The van der Waals surface area contributed by atoms with Gasteiger partial charge in [-0.1, -0.05) is 44.3 Å². The van der Waals surface area contributed by atoms with E-state index in [0.29, 0.717) is 19.4 Å². The van der Waals surface area contributed by atoms with E-state index in [9.17, 15) is 9.59 Å². The summed E-state index contributed by atoms with van der Waals surface area (Å²) in [7, 11) is 0. The smallest absolute Gasteiger partial charge is 0.229 e. The molecule has 1 heterocycles. The van der Waals surface area contributed by atoms with Gasteiger partial charge in [-0.15, -0.1) is 0 Å². The highest BCUT2D eigenvalue weighted by Gasteiger charge is 2.22. The Kier molecular flexibility index (Phi) is 9.84. The van der Waals surface area contributed by atoms with Crippen molar-refractivity contribution >= 4 is 11.8 Å². The molecule has 0 aliphatic carbocycles. The molecule has 1 aliphatic rings. The van der Waals surface area contributed by atoms with Crippen LogP contribution in [0.25, 0.3) is 0 Å². The van der Waals surface area contributed by atoms with Crippen molar-refractivity contribution in [2.45, 2.75) is 84.0 Å². The monoisotopic (exact) mass is 293 g/mol. The molecule has 1 rings (SSSR count). The van der Waals surface area contributed by atoms with Gasteiger partial charge in [-0.05, 0) is 39.0 Å². The summed E-state index contributed by atoms with van der Waals surface area (Å²) in [6.07, 6.45) is 16.7. The zero-order valence-corrected chi connectivity index (χ0v) is 13.6. The maximum Gasteiger partial charge on any atom is 0.229 e. The Morgan fingerprint density at radius 1 is 1.05 bits per heavy atom. The van der Waals surface area contributed by atoms with Crippen LogP contribution in [0.1, 0.15) is 84.0 Å². The molecule has 1 aliphatic heterocycles. The number of carbonyl (C=O) groups is 2. The SMILES string of the molecule is CC=CCCCCCCCCC(=O)N1CCCCCC1=O. The van der Waals surface area contributed by atoms with E-state index in [1.54, 1.807) is 0 Å². The lowest BCUT2D eigenvalue weighted by atomic mass is 10.1. The first-order valence-corrected chi connectivity index (χ1v) is 8.70. The molecule has 0 atom stereocenters. The van der Waals surface area contributed by atoms with E-state index in [-0.39, 0.29) is 11.8 Å². The number of allylic oxidation sites excluding steroid dienone is 2. The Hall–Kier alpha value is -1.12. The summed E-state index contributed by atoms with van der Waals surface area (Å²) in [5.41, 5.74) is 0. The van der Waals surface area contributed by atoms with Crippen molar-refractivity contribution in [1.29, 1.82) is 0 Å². The number of rotatable bonds is 9. The van der Waals surface area contributed by atoms with E-state index >= 15 is 0 Å². The molecule has 1 fully saturated rings. The van der Waals surface area contributed by atoms with Gasteiger partial charge in [-0.25, -0.2) is 0 Å². The normalized spacial score (nSPS) is 16.4. The van der Waals surface area contributed by atoms with Gasteiger partial charge >= 0.3 is 0 Å². The Morgan fingerprint density at radius 3 is 2.52 bits per heavy atom. The Bertz CT molecular complexity index is 336. The molecule has 0 aromatic rings. The average molecular weight is 293 g/mol. The van der Waals surface area contributed by atoms with E-state index in [4.69, 9.17) is 0 Å². The predicted octanol–water partition coefficient (Wildman–Crippen LogP) is 4.61. The third-order valence-electron chi connectivity index (χ3n) is 4.12. The molecule has 120 valence electrons. The molecule has 0 saturated carbocycles. The Labute approximate surface area is 129 Å². The third-order valence-corrected chi connectivity index (χ3v) is 4.12. The summed E-state index contributed by atoms with van der Waals surface area (Å²) in [5, 5.41) is 0. The lowest BCUT2D eigenvalue weighted by Crippen LogP contribution is -2.36. The Morgan fingerprint density at radius 2 is 1.76 bits per heavy atom. The maximum atomic E-state index is 12.1. The molecule has 0 bridgehead atoms. The molecule has 0 N–H and O–H groups in total. The van der Waals surface area contributed by atoms with Gasteiger partial charge in [-0.2, -0.15) is 0 Å². The summed E-state index contributed by atoms with van der Waals surface area (Å²) < 4.78 is 0. The average Bonchev–Trinajstić information content (AvgIpc) is 2.70. The zero-order chi connectivity index (χ0) is 15.3. The van der Waals surface area contributed by atoms with E-state index in [2.05, 4.69) is 19.1 Å². The minimum Gasteiger partial charge on any atom is -0.283 e. The lowest BCUT2D eigenvalue weighted by molar-refractivity contribution is -0.144. The number of unbranched alkanes of at least 4 members (excludes halogenated alkanes) is 6. The summed E-state index contributed by atoms with van der Waals surface area (Å²) in [5.74, 6) is 0.0939. The van der Waals surface area contributed by atoms with Crippen molar-refractivity contribution < 1.29 is 9.59 Å². The van der Waals surface area contributed by atoms with Crippen LogP contribution in [0.3, 0.4) is 0 Å². The number of amides is 2. The second-order valence-corrected chi connectivity index (χ2v) is 5.98. The highest BCUT2D eigenvalue weighted by molar-refractivity contribution is 5.95.